The van der Waals surface area contributed by atoms with Gasteiger partial charge in [-0.3, -0.25) is 9.59 Å². The number of alkyl halides is 5. The number of nitrogens with one attached hydrogen (secondary N) is 2. The first-order valence-corrected chi connectivity index (χ1v) is 10.2. The van der Waals surface area contributed by atoms with Crippen molar-refractivity contribution in [3.63, 3.8) is 0 Å². The average Bonchev–Trinajstić information content (AvgIpc) is 2.83. The molecule has 1 aliphatic carbocycles. The molecule has 30 heavy (non-hydrogen) atoms. The Kier molecular flexibility index (Phi) is 6.37. The standard InChI is InChI=1S/C19H16ClF5N2O2S/c20-11-7-4-5-8-12(11)26-15(28)14-10-6-2-1-3-9-13(10)30-16(14)27-17(29)18(21,22)19(23,24)25/h4-5,7-8H,1-3,6,9H2,(H,26,28)(H,27,29). The van der Waals surface area contributed by atoms with Crippen LogP contribution in [0.5, 0.6) is 0 Å². The first kappa shape index (κ1) is 22.5. The molecule has 0 fully saturated rings. The molecule has 1 aliphatic rings. The van der Waals surface area contributed by atoms with Gasteiger partial charge in [-0.2, -0.15) is 22.0 Å². The maximum Gasteiger partial charge on any atom is 0.463 e. The molecule has 0 aliphatic heterocycles. The van der Waals surface area contributed by atoms with Gasteiger partial charge in [0.25, 0.3) is 5.91 Å². The van der Waals surface area contributed by atoms with E-state index < -0.39 is 23.9 Å². The molecule has 1 aromatic heterocycles. The van der Waals surface area contributed by atoms with Gasteiger partial charge in [-0.05, 0) is 43.4 Å². The van der Waals surface area contributed by atoms with Crippen molar-refractivity contribution >= 4 is 45.4 Å². The minimum Gasteiger partial charge on any atom is -0.321 e. The van der Waals surface area contributed by atoms with Crippen LogP contribution in [-0.4, -0.2) is 23.9 Å². The summed E-state index contributed by atoms with van der Waals surface area (Å²) in [6, 6.07) is 6.29. The van der Waals surface area contributed by atoms with Crippen LogP contribution in [-0.2, 0) is 17.6 Å². The predicted molar refractivity (Wildman–Crippen MR) is 105 cm³/mol. The Morgan fingerprint density at radius 2 is 1.63 bits per heavy atom. The zero-order chi connectivity index (χ0) is 22.1. The van der Waals surface area contributed by atoms with Crippen LogP contribution in [0.1, 0.15) is 40.1 Å². The lowest BCUT2D eigenvalue weighted by molar-refractivity contribution is -0.267. The van der Waals surface area contributed by atoms with E-state index in [4.69, 9.17) is 11.6 Å². The third kappa shape index (κ3) is 4.44. The normalized spacial score (nSPS) is 14.6. The molecule has 4 nitrogen and oxygen atoms in total. The third-order valence-electron chi connectivity index (χ3n) is 4.64. The molecule has 1 aromatic carbocycles. The van der Waals surface area contributed by atoms with Crippen molar-refractivity contribution in [2.75, 3.05) is 10.6 Å². The summed E-state index contributed by atoms with van der Waals surface area (Å²) >= 11 is 6.87. The number of benzene rings is 1. The van der Waals surface area contributed by atoms with Crippen molar-refractivity contribution < 1.29 is 31.5 Å². The molecule has 2 amide bonds. The number of carbonyl (C=O) groups is 2. The summed E-state index contributed by atoms with van der Waals surface area (Å²) in [6.45, 7) is 0. The maximum atomic E-state index is 13.4. The summed E-state index contributed by atoms with van der Waals surface area (Å²) in [5.74, 6) is -8.86. The summed E-state index contributed by atoms with van der Waals surface area (Å²) < 4.78 is 64.6. The summed E-state index contributed by atoms with van der Waals surface area (Å²) in [5, 5.41) is 4.06. The number of anilines is 2. The first-order valence-electron chi connectivity index (χ1n) is 8.98. The Bertz CT molecular complexity index is 974. The van der Waals surface area contributed by atoms with Crippen LogP contribution in [0.3, 0.4) is 0 Å². The highest BCUT2D eigenvalue weighted by molar-refractivity contribution is 7.17. The molecule has 2 N–H and O–H groups in total. The molecule has 3 rings (SSSR count). The molecule has 0 saturated carbocycles. The SMILES string of the molecule is O=C(Nc1ccccc1Cl)c1c(NC(=O)C(F)(F)C(F)(F)F)sc2c1CCCCC2. The smallest absolute Gasteiger partial charge is 0.321 e. The number of para-hydroxylation sites is 1. The van der Waals surface area contributed by atoms with Crippen molar-refractivity contribution in [3.05, 3.63) is 45.3 Å². The van der Waals surface area contributed by atoms with Crippen LogP contribution in [0.2, 0.25) is 5.02 Å². The quantitative estimate of drug-likeness (QED) is 0.425. The lowest BCUT2D eigenvalue weighted by Gasteiger charge is -2.18. The van der Waals surface area contributed by atoms with E-state index in [0.29, 0.717) is 23.3 Å². The third-order valence-corrected chi connectivity index (χ3v) is 6.18. The van der Waals surface area contributed by atoms with E-state index in [1.807, 2.05) is 0 Å². The Morgan fingerprint density at radius 3 is 2.30 bits per heavy atom. The molecule has 0 unspecified atom stereocenters. The summed E-state index contributed by atoms with van der Waals surface area (Å²) in [7, 11) is 0. The Labute approximate surface area is 177 Å². The van der Waals surface area contributed by atoms with Gasteiger partial charge in [-0.15, -0.1) is 11.3 Å². The fourth-order valence-electron chi connectivity index (χ4n) is 3.13. The van der Waals surface area contributed by atoms with Crippen LogP contribution < -0.4 is 10.6 Å². The number of carbonyl (C=O) groups excluding carboxylic acids is 2. The minimum absolute atomic E-state index is 0.108. The fourth-order valence-corrected chi connectivity index (χ4v) is 4.59. The molecule has 0 saturated heterocycles. The van der Waals surface area contributed by atoms with Crippen LogP contribution >= 0.6 is 22.9 Å². The highest BCUT2D eigenvalue weighted by Gasteiger charge is 2.63. The molecule has 1 heterocycles. The average molecular weight is 467 g/mol. The Balaban J connectivity index is 1.98. The largest absolute Gasteiger partial charge is 0.463 e. The topological polar surface area (TPSA) is 58.2 Å². The molecule has 162 valence electrons. The lowest BCUT2D eigenvalue weighted by atomic mass is 10.0. The van der Waals surface area contributed by atoms with Gasteiger partial charge in [0, 0.05) is 4.88 Å². The number of hydrogen-bond acceptors (Lipinski definition) is 3. The zero-order valence-corrected chi connectivity index (χ0v) is 16.9. The summed E-state index contributed by atoms with van der Waals surface area (Å²) in [4.78, 5) is 25.3. The van der Waals surface area contributed by atoms with Crippen LogP contribution in [0, 0.1) is 0 Å². The number of amides is 2. The van der Waals surface area contributed by atoms with E-state index in [0.717, 1.165) is 30.6 Å². The number of halogens is 6. The van der Waals surface area contributed by atoms with Gasteiger partial charge in [0.2, 0.25) is 0 Å². The van der Waals surface area contributed by atoms with Crippen LogP contribution in [0.25, 0.3) is 0 Å². The van der Waals surface area contributed by atoms with Crippen LogP contribution in [0.4, 0.5) is 32.6 Å². The van der Waals surface area contributed by atoms with Crippen molar-refractivity contribution in [2.45, 2.75) is 44.2 Å². The summed E-state index contributed by atoms with van der Waals surface area (Å²) in [5.41, 5.74) is 0.687. The second kappa shape index (κ2) is 8.50. The predicted octanol–water partition coefficient (Wildman–Crippen LogP) is 6.06. The van der Waals surface area contributed by atoms with Gasteiger partial charge >= 0.3 is 18.0 Å². The number of fused-ring (bicyclic) bond motifs is 1. The van der Waals surface area contributed by atoms with E-state index in [2.05, 4.69) is 5.32 Å². The van der Waals surface area contributed by atoms with Gasteiger partial charge in [0.1, 0.15) is 5.00 Å². The van der Waals surface area contributed by atoms with E-state index in [1.165, 1.54) is 12.1 Å². The first-order chi connectivity index (χ1) is 14.0. The highest BCUT2D eigenvalue weighted by atomic mass is 35.5. The maximum absolute atomic E-state index is 13.4. The molecular weight excluding hydrogens is 451 g/mol. The van der Waals surface area contributed by atoms with Crippen molar-refractivity contribution in [2.24, 2.45) is 0 Å². The Morgan fingerprint density at radius 1 is 0.967 bits per heavy atom. The molecule has 2 aromatic rings. The van der Waals surface area contributed by atoms with Gasteiger partial charge < -0.3 is 10.6 Å². The molecule has 0 atom stereocenters. The summed E-state index contributed by atoms with van der Waals surface area (Å²) in [6.07, 6.45) is -2.67. The van der Waals surface area contributed by atoms with E-state index >= 15 is 0 Å². The molecule has 0 bridgehead atoms. The van der Waals surface area contributed by atoms with Crippen LogP contribution in [0.15, 0.2) is 24.3 Å². The Hall–Kier alpha value is -2.20. The molecule has 0 radical (unpaired) electrons. The monoisotopic (exact) mass is 466 g/mol. The van der Waals surface area contributed by atoms with E-state index in [1.54, 1.807) is 17.4 Å². The minimum atomic E-state index is -6.05. The second-order valence-electron chi connectivity index (χ2n) is 6.73. The van der Waals surface area contributed by atoms with Gasteiger partial charge in [-0.25, -0.2) is 0 Å². The van der Waals surface area contributed by atoms with E-state index in [9.17, 15) is 31.5 Å². The molecule has 11 heteroatoms. The van der Waals surface area contributed by atoms with Crippen molar-refractivity contribution in [3.8, 4) is 0 Å². The van der Waals surface area contributed by atoms with Gasteiger partial charge in [0.15, 0.2) is 0 Å². The second-order valence-corrected chi connectivity index (χ2v) is 8.24. The van der Waals surface area contributed by atoms with Gasteiger partial charge in [-0.1, -0.05) is 30.2 Å². The van der Waals surface area contributed by atoms with Gasteiger partial charge in [0.05, 0.1) is 16.3 Å². The number of rotatable bonds is 4. The highest BCUT2D eigenvalue weighted by Crippen LogP contribution is 2.41. The number of thiophene rings is 1. The molecular formula is C19H16ClF5N2O2S. The molecule has 0 spiro atoms. The van der Waals surface area contributed by atoms with Crippen molar-refractivity contribution in [1.29, 1.82) is 0 Å². The number of aryl methyl sites for hydroxylation is 1. The zero-order valence-electron chi connectivity index (χ0n) is 15.3. The van der Waals surface area contributed by atoms with E-state index in [-0.39, 0.29) is 21.3 Å². The number of hydrogen-bond donors (Lipinski definition) is 2. The lowest BCUT2D eigenvalue weighted by Crippen LogP contribution is -2.47. The fraction of sp³-hybridized carbons (Fsp3) is 0.368. The van der Waals surface area contributed by atoms with Crippen molar-refractivity contribution in [1.82, 2.24) is 0 Å².